The molecule has 0 saturated heterocycles. The predicted octanol–water partition coefficient (Wildman–Crippen LogP) is 4.43. The summed E-state index contributed by atoms with van der Waals surface area (Å²) >= 11 is 1.29. The van der Waals surface area contributed by atoms with E-state index in [1.165, 1.54) is 11.8 Å². The summed E-state index contributed by atoms with van der Waals surface area (Å²) in [6.45, 7) is 5.92. The third-order valence-electron chi connectivity index (χ3n) is 4.64. The van der Waals surface area contributed by atoms with E-state index >= 15 is 0 Å². The van der Waals surface area contributed by atoms with Crippen molar-refractivity contribution in [2.24, 2.45) is 0 Å². The number of H-pyrrole nitrogens is 1. The van der Waals surface area contributed by atoms with Gasteiger partial charge in [-0.3, -0.25) is 14.2 Å². The first-order valence-electron chi connectivity index (χ1n) is 8.97. The van der Waals surface area contributed by atoms with Gasteiger partial charge >= 0.3 is 0 Å². The van der Waals surface area contributed by atoms with Crippen molar-refractivity contribution in [2.75, 3.05) is 0 Å². The molecule has 28 heavy (non-hydrogen) atoms. The first-order valence-corrected chi connectivity index (χ1v) is 9.85. The number of hydrogen-bond acceptors (Lipinski definition) is 4. The number of hydrogen-bond donors (Lipinski definition) is 1. The molecule has 4 rings (SSSR count). The fourth-order valence-electron chi connectivity index (χ4n) is 3.23. The van der Waals surface area contributed by atoms with Crippen LogP contribution in [0.3, 0.4) is 0 Å². The van der Waals surface area contributed by atoms with Crippen molar-refractivity contribution in [3.8, 4) is 0 Å². The molecule has 2 aromatic heterocycles. The van der Waals surface area contributed by atoms with E-state index in [4.69, 9.17) is 0 Å². The zero-order valence-corrected chi connectivity index (χ0v) is 16.2. The number of aromatic amines is 1. The van der Waals surface area contributed by atoms with Crippen LogP contribution in [0.5, 0.6) is 0 Å². The summed E-state index contributed by atoms with van der Waals surface area (Å²) in [4.78, 5) is 33.7. The summed E-state index contributed by atoms with van der Waals surface area (Å²) in [5.74, 6) is -0.00462. The minimum absolute atomic E-state index is 0.00462. The number of para-hydroxylation sites is 2. The molecule has 5 nitrogen and oxygen atoms in total. The van der Waals surface area contributed by atoms with Gasteiger partial charge in [0.1, 0.15) is 0 Å². The van der Waals surface area contributed by atoms with Gasteiger partial charge in [-0.05, 0) is 25.1 Å². The third kappa shape index (κ3) is 3.16. The lowest BCUT2D eigenvalue weighted by Gasteiger charge is -2.14. The highest BCUT2D eigenvalue weighted by Gasteiger charge is 2.22. The lowest BCUT2D eigenvalue weighted by atomic mass is 10.1. The van der Waals surface area contributed by atoms with Gasteiger partial charge in [-0.2, -0.15) is 0 Å². The van der Waals surface area contributed by atoms with Gasteiger partial charge in [0.05, 0.1) is 16.2 Å². The number of aromatic nitrogens is 3. The van der Waals surface area contributed by atoms with E-state index in [1.807, 2.05) is 49.4 Å². The molecule has 0 bridgehead atoms. The Morgan fingerprint density at radius 1 is 1.21 bits per heavy atom. The van der Waals surface area contributed by atoms with Crippen molar-refractivity contribution >= 4 is 39.4 Å². The number of nitrogens with zero attached hydrogens (tertiary/aromatic N) is 2. The Bertz CT molecular complexity index is 1260. The number of rotatable bonds is 6. The highest BCUT2D eigenvalue weighted by molar-refractivity contribution is 8.00. The Hall–Kier alpha value is -3.12. The second-order valence-electron chi connectivity index (χ2n) is 6.49. The highest BCUT2D eigenvalue weighted by Crippen LogP contribution is 2.27. The lowest BCUT2D eigenvalue weighted by molar-refractivity contribution is 0.0995. The van der Waals surface area contributed by atoms with Crippen molar-refractivity contribution in [3.05, 3.63) is 83.3 Å². The molecular weight excluding hydrogens is 370 g/mol. The molecular formula is C22H19N3O2S. The summed E-state index contributed by atoms with van der Waals surface area (Å²) in [6, 6.07) is 15.0. The second-order valence-corrected chi connectivity index (χ2v) is 7.80. The van der Waals surface area contributed by atoms with E-state index in [-0.39, 0.29) is 11.3 Å². The summed E-state index contributed by atoms with van der Waals surface area (Å²) in [5, 5.41) is 1.58. The van der Waals surface area contributed by atoms with Crippen LogP contribution in [-0.4, -0.2) is 25.6 Å². The van der Waals surface area contributed by atoms with E-state index in [0.29, 0.717) is 28.2 Å². The molecule has 4 aromatic rings. The molecule has 0 saturated carbocycles. The fraction of sp³-hybridized carbons (Fsp3) is 0.136. The number of carbonyl (C=O) groups is 1. The number of thioether (sulfide) groups is 1. The first kappa shape index (κ1) is 18.3. The average Bonchev–Trinajstić information content (AvgIpc) is 3.14. The van der Waals surface area contributed by atoms with Crippen LogP contribution < -0.4 is 5.56 Å². The standard InChI is InChI=1S/C22H19N3O2S/c1-3-12-25-21(27)16-9-5-7-11-19(16)24-22(25)28-14(2)20(26)17-13-23-18-10-6-4-8-15(17)18/h3-11,13-14,23H,1,12H2,2H3. The van der Waals surface area contributed by atoms with E-state index in [9.17, 15) is 9.59 Å². The number of fused-ring (bicyclic) bond motifs is 2. The second kappa shape index (κ2) is 7.48. The van der Waals surface area contributed by atoms with Gasteiger partial charge in [-0.25, -0.2) is 4.98 Å². The SMILES string of the molecule is C=CCn1c(SC(C)C(=O)c2c[nH]c3ccccc23)nc2ccccc2c1=O. The van der Waals surface area contributed by atoms with E-state index < -0.39 is 5.25 Å². The maximum absolute atomic E-state index is 13.1. The maximum atomic E-state index is 13.1. The van der Waals surface area contributed by atoms with Crippen molar-refractivity contribution in [3.63, 3.8) is 0 Å². The number of carbonyl (C=O) groups excluding carboxylic acids is 1. The number of ketones is 1. The van der Waals surface area contributed by atoms with Crippen molar-refractivity contribution in [1.29, 1.82) is 0 Å². The Balaban J connectivity index is 1.72. The highest BCUT2D eigenvalue weighted by atomic mass is 32.2. The maximum Gasteiger partial charge on any atom is 0.262 e. The molecule has 6 heteroatoms. The number of Topliss-reactive ketones (excluding diaryl/α,β-unsaturated/α-hetero) is 1. The number of nitrogens with one attached hydrogen (secondary N) is 1. The minimum atomic E-state index is -0.400. The Morgan fingerprint density at radius 2 is 1.93 bits per heavy atom. The van der Waals surface area contributed by atoms with Crippen LogP contribution in [0.15, 0.2) is 77.3 Å². The molecule has 1 atom stereocenters. The van der Waals surface area contributed by atoms with Crippen LogP contribution in [0.2, 0.25) is 0 Å². The molecule has 0 aliphatic carbocycles. The normalized spacial score (nSPS) is 12.3. The number of benzene rings is 2. The van der Waals surface area contributed by atoms with Gasteiger partial charge in [-0.15, -0.1) is 6.58 Å². The van der Waals surface area contributed by atoms with Crippen LogP contribution in [0.1, 0.15) is 17.3 Å². The van der Waals surface area contributed by atoms with E-state index in [0.717, 1.165) is 10.9 Å². The molecule has 2 heterocycles. The predicted molar refractivity (Wildman–Crippen MR) is 114 cm³/mol. The molecule has 0 fully saturated rings. The van der Waals surface area contributed by atoms with E-state index in [1.54, 1.807) is 22.9 Å². The molecule has 1 unspecified atom stereocenters. The van der Waals surface area contributed by atoms with Gasteiger partial charge < -0.3 is 4.98 Å². The lowest BCUT2D eigenvalue weighted by Crippen LogP contribution is -2.24. The molecule has 0 amide bonds. The van der Waals surface area contributed by atoms with Gasteiger partial charge in [0.25, 0.3) is 5.56 Å². The molecule has 0 spiro atoms. The molecule has 0 aliphatic rings. The van der Waals surface area contributed by atoms with Gasteiger partial charge in [0.15, 0.2) is 10.9 Å². The van der Waals surface area contributed by atoms with Crippen LogP contribution in [0.25, 0.3) is 21.8 Å². The van der Waals surface area contributed by atoms with Crippen LogP contribution in [-0.2, 0) is 6.54 Å². The quantitative estimate of drug-likeness (QED) is 0.229. The topological polar surface area (TPSA) is 67.8 Å². The van der Waals surface area contributed by atoms with Crippen LogP contribution in [0, 0.1) is 0 Å². The first-order chi connectivity index (χ1) is 13.6. The van der Waals surface area contributed by atoms with Gasteiger partial charge in [0, 0.05) is 29.2 Å². The van der Waals surface area contributed by atoms with Crippen molar-refractivity contribution in [2.45, 2.75) is 23.9 Å². The zero-order chi connectivity index (χ0) is 19.7. The molecule has 2 aromatic carbocycles. The van der Waals surface area contributed by atoms with Gasteiger partial charge in [0.2, 0.25) is 0 Å². The Morgan fingerprint density at radius 3 is 2.71 bits per heavy atom. The third-order valence-corrected chi connectivity index (χ3v) is 5.73. The van der Waals surface area contributed by atoms with Crippen molar-refractivity contribution in [1.82, 2.24) is 14.5 Å². The van der Waals surface area contributed by atoms with Crippen LogP contribution in [0.4, 0.5) is 0 Å². The van der Waals surface area contributed by atoms with E-state index in [2.05, 4.69) is 16.5 Å². The monoisotopic (exact) mass is 389 g/mol. The summed E-state index contributed by atoms with van der Waals surface area (Å²) < 4.78 is 1.57. The summed E-state index contributed by atoms with van der Waals surface area (Å²) in [6.07, 6.45) is 3.41. The van der Waals surface area contributed by atoms with Gasteiger partial charge in [-0.1, -0.05) is 48.2 Å². The smallest absolute Gasteiger partial charge is 0.262 e. The average molecular weight is 389 g/mol. The Labute approximate surface area is 166 Å². The van der Waals surface area contributed by atoms with Crippen molar-refractivity contribution < 1.29 is 4.79 Å². The molecule has 140 valence electrons. The largest absolute Gasteiger partial charge is 0.360 e. The Kier molecular flexibility index (Phi) is 4.88. The fourth-order valence-corrected chi connectivity index (χ4v) is 4.22. The number of allylic oxidation sites excluding steroid dienone is 1. The molecule has 0 aliphatic heterocycles. The summed E-state index contributed by atoms with van der Waals surface area (Å²) in [5.41, 5.74) is 2.08. The molecule has 1 N–H and O–H groups in total. The minimum Gasteiger partial charge on any atom is -0.360 e. The molecule has 0 radical (unpaired) electrons. The zero-order valence-electron chi connectivity index (χ0n) is 15.4. The van der Waals surface area contributed by atoms with Crippen LogP contribution >= 0.6 is 11.8 Å². The summed E-state index contributed by atoms with van der Waals surface area (Å²) in [7, 11) is 0.